The predicted octanol–water partition coefficient (Wildman–Crippen LogP) is 5.58. The highest BCUT2D eigenvalue weighted by Gasteiger charge is 2.24. The lowest BCUT2D eigenvalue weighted by molar-refractivity contribution is -0.121. The summed E-state index contributed by atoms with van der Waals surface area (Å²) in [5, 5.41) is 17.9. The largest absolute Gasteiger partial charge is 0.456 e. The Hall–Kier alpha value is -4.23. The Morgan fingerprint density at radius 3 is 2.49 bits per heavy atom. The van der Waals surface area contributed by atoms with Crippen LogP contribution in [0, 0.1) is 27.7 Å². The van der Waals surface area contributed by atoms with Gasteiger partial charge in [-0.1, -0.05) is 59.3 Å². The summed E-state index contributed by atoms with van der Waals surface area (Å²) < 4.78 is 11.0. The number of aliphatic hydroxyl groups is 1. The van der Waals surface area contributed by atoms with Crippen molar-refractivity contribution in [3.8, 4) is 0 Å². The van der Waals surface area contributed by atoms with E-state index in [0.29, 0.717) is 39.6 Å². The van der Waals surface area contributed by atoms with Gasteiger partial charge in [-0.15, -0.1) is 0 Å². The summed E-state index contributed by atoms with van der Waals surface area (Å²) in [6, 6.07) is 21.2. The number of aromatic nitrogens is 2. The molecular weight excluding hydrogens is 466 g/mol. The van der Waals surface area contributed by atoms with Crippen molar-refractivity contribution in [1.82, 2.24) is 15.5 Å². The van der Waals surface area contributed by atoms with Crippen LogP contribution in [0.25, 0.3) is 11.1 Å². The summed E-state index contributed by atoms with van der Waals surface area (Å²) >= 11 is 0. The van der Waals surface area contributed by atoms with E-state index in [4.69, 9.17) is 8.94 Å². The van der Waals surface area contributed by atoms with Gasteiger partial charge in [0.25, 0.3) is 0 Å². The Balaban J connectivity index is 1.37. The molecule has 0 saturated carbocycles. The van der Waals surface area contributed by atoms with Gasteiger partial charge in [0.15, 0.2) is 5.58 Å². The van der Waals surface area contributed by atoms with Crippen LogP contribution >= 0.6 is 0 Å². The van der Waals surface area contributed by atoms with E-state index in [-0.39, 0.29) is 18.4 Å². The molecule has 0 saturated heterocycles. The van der Waals surface area contributed by atoms with E-state index >= 15 is 0 Å². The van der Waals surface area contributed by atoms with Crippen LogP contribution in [0.2, 0.25) is 0 Å². The van der Waals surface area contributed by atoms with Crippen LogP contribution in [0.4, 0.5) is 0 Å². The van der Waals surface area contributed by atoms with Gasteiger partial charge in [-0.25, -0.2) is 4.98 Å². The summed E-state index contributed by atoms with van der Waals surface area (Å²) in [7, 11) is 0. The van der Waals surface area contributed by atoms with Gasteiger partial charge in [-0.3, -0.25) is 4.79 Å². The molecule has 0 radical (unpaired) electrons. The van der Waals surface area contributed by atoms with E-state index in [9.17, 15) is 9.90 Å². The molecule has 2 atom stereocenters. The molecule has 2 aromatic carbocycles. The van der Waals surface area contributed by atoms with Crippen LogP contribution < -0.4 is 5.32 Å². The molecule has 0 spiro atoms. The SMILES string of the molecule is Cc1ccc([C@@H](NC(=O)Cc2ccc3oc(C(O)c4c(C)noc4C)cc3n2)c2ccccc2)c(C)c1. The normalized spacial score (nSPS) is 13.0. The second kappa shape index (κ2) is 10.0. The molecule has 5 rings (SSSR count). The number of nitrogens with zero attached hydrogens (tertiary/aromatic N) is 2. The fourth-order valence-corrected chi connectivity index (χ4v) is 4.75. The molecule has 37 heavy (non-hydrogen) atoms. The molecule has 2 N–H and O–H groups in total. The van der Waals surface area contributed by atoms with Gasteiger partial charge in [0.1, 0.15) is 23.1 Å². The highest BCUT2D eigenvalue weighted by molar-refractivity contribution is 5.80. The third-order valence-electron chi connectivity index (χ3n) is 6.60. The molecule has 3 heterocycles. The zero-order valence-corrected chi connectivity index (χ0v) is 21.3. The molecule has 7 heteroatoms. The van der Waals surface area contributed by atoms with Crippen molar-refractivity contribution in [2.24, 2.45) is 0 Å². The quantitative estimate of drug-likeness (QED) is 0.306. The number of pyridine rings is 1. The van der Waals surface area contributed by atoms with Crippen LogP contribution in [0.5, 0.6) is 0 Å². The highest BCUT2D eigenvalue weighted by atomic mass is 16.5. The summed E-state index contributed by atoms with van der Waals surface area (Å²) in [5.41, 5.74) is 7.26. The number of benzene rings is 2. The first-order valence-corrected chi connectivity index (χ1v) is 12.2. The maximum absolute atomic E-state index is 13.2. The van der Waals surface area contributed by atoms with Crippen LogP contribution in [0.3, 0.4) is 0 Å². The maximum Gasteiger partial charge on any atom is 0.226 e. The lowest BCUT2D eigenvalue weighted by atomic mass is 9.93. The van der Waals surface area contributed by atoms with Gasteiger partial charge in [0, 0.05) is 6.07 Å². The molecule has 3 aromatic heterocycles. The van der Waals surface area contributed by atoms with E-state index in [1.54, 1.807) is 32.0 Å². The van der Waals surface area contributed by atoms with Crippen molar-refractivity contribution in [3.05, 3.63) is 117 Å². The zero-order chi connectivity index (χ0) is 26.1. The fraction of sp³-hybridized carbons (Fsp3) is 0.233. The Morgan fingerprint density at radius 2 is 1.78 bits per heavy atom. The van der Waals surface area contributed by atoms with E-state index < -0.39 is 6.10 Å². The summed E-state index contributed by atoms with van der Waals surface area (Å²) in [6.45, 7) is 7.64. The second-order valence-corrected chi connectivity index (χ2v) is 9.42. The van der Waals surface area contributed by atoms with Gasteiger partial charge in [-0.2, -0.15) is 0 Å². The molecule has 7 nitrogen and oxygen atoms in total. The number of amides is 1. The lowest BCUT2D eigenvalue weighted by Crippen LogP contribution is -2.31. The molecule has 0 bridgehead atoms. The first-order chi connectivity index (χ1) is 17.8. The van der Waals surface area contributed by atoms with Crippen molar-refractivity contribution < 1.29 is 18.8 Å². The standard InChI is InChI=1S/C30H29N3O4/c1-17-10-12-23(18(2)14-17)29(21-8-6-5-7-9-21)32-27(34)15-22-11-13-25-24(31-22)16-26(36-25)30(35)28-19(3)33-37-20(28)4/h5-14,16,29-30,35H,15H2,1-4H3,(H,32,34)/t29-,30?/m0/s1. The third kappa shape index (κ3) is 5.04. The molecule has 5 aromatic rings. The molecule has 1 amide bonds. The van der Waals surface area contributed by atoms with Gasteiger partial charge in [0.05, 0.1) is 29.4 Å². The zero-order valence-electron chi connectivity index (χ0n) is 21.3. The molecular formula is C30H29N3O4. The number of hydrogen-bond donors (Lipinski definition) is 2. The number of carbonyl (C=O) groups excluding carboxylic acids is 1. The summed E-state index contributed by atoms with van der Waals surface area (Å²) in [5.74, 6) is 0.741. The summed E-state index contributed by atoms with van der Waals surface area (Å²) in [4.78, 5) is 17.8. The number of carbonyl (C=O) groups is 1. The average molecular weight is 496 g/mol. The topological polar surface area (TPSA) is 101 Å². The van der Waals surface area contributed by atoms with Crippen molar-refractivity contribution in [1.29, 1.82) is 0 Å². The lowest BCUT2D eigenvalue weighted by Gasteiger charge is -2.22. The van der Waals surface area contributed by atoms with Crippen molar-refractivity contribution in [2.45, 2.75) is 46.3 Å². The van der Waals surface area contributed by atoms with Crippen LogP contribution in [0.15, 0.2) is 75.7 Å². The number of aliphatic hydroxyl groups excluding tert-OH is 1. The smallest absolute Gasteiger partial charge is 0.226 e. The maximum atomic E-state index is 13.2. The Labute approximate surface area is 215 Å². The van der Waals surface area contributed by atoms with Crippen LogP contribution in [0.1, 0.15) is 62.9 Å². The van der Waals surface area contributed by atoms with Gasteiger partial charge >= 0.3 is 0 Å². The van der Waals surface area contributed by atoms with Gasteiger partial charge < -0.3 is 19.4 Å². The first kappa shape index (κ1) is 24.5. The Morgan fingerprint density at radius 1 is 1.00 bits per heavy atom. The predicted molar refractivity (Wildman–Crippen MR) is 140 cm³/mol. The van der Waals surface area contributed by atoms with Crippen molar-refractivity contribution in [3.63, 3.8) is 0 Å². The first-order valence-electron chi connectivity index (χ1n) is 12.2. The van der Waals surface area contributed by atoms with E-state index in [1.165, 1.54) is 5.56 Å². The second-order valence-electron chi connectivity index (χ2n) is 9.42. The number of furan rings is 1. The van der Waals surface area contributed by atoms with E-state index in [2.05, 4.69) is 47.5 Å². The minimum absolute atomic E-state index is 0.108. The van der Waals surface area contributed by atoms with Crippen molar-refractivity contribution in [2.75, 3.05) is 0 Å². The van der Waals surface area contributed by atoms with Gasteiger partial charge in [0.2, 0.25) is 5.91 Å². The van der Waals surface area contributed by atoms with Crippen LogP contribution in [-0.4, -0.2) is 21.2 Å². The van der Waals surface area contributed by atoms with Gasteiger partial charge in [-0.05, 0) is 56.5 Å². The number of nitrogens with one attached hydrogen (secondary N) is 1. The minimum atomic E-state index is -1.02. The fourth-order valence-electron chi connectivity index (χ4n) is 4.75. The summed E-state index contributed by atoms with van der Waals surface area (Å²) in [6.07, 6.45) is -0.909. The van der Waals surface area contributed by atoms with E-state index in [0.717, 1.165) is 16.7 Å². The average Bonchev–Trinajstić information content (AvgIpc) is 3.45. The monoisotopic (exact) mass is 495 g/mol. The number of hydrogen-bond acceptors (Lipinski definition) is 6. The highest BCUT2D eigenvalue weighted by Crippen LogP contribution is 2.31. The molecule has 0 aliphatic rings. The molecule has 0 fully saturated rings. The number of fused-ring (bicyclic) bond motifs is 1. The number of aryl methyl sites for hydroxylation is 4. The van der Waals surface area contributed by atoms with Crippen molar-refractivity contribution >= 4 is 17.0 Å². The minimum Gasteiger partial charge on any atom is -0.456 e. The molecule has 188 valence electrons. The Bertz CT molecular complexity index is 1550. The molecule has 1 unspecified atom stereocenters. The third-order valence-corrected chi connectivity index (χ3v) is 6.60. The molecule has 0 aliphatic heterocycles. The number of rotatable bonds is 7. The van der Waals surface area contributed by atoms with Crippen LogP contribution in [-0.2, 0) is 11.2 Å². The molecule has 0 aliphatic carbocycles. The Kier molecular flexibility index (Phi) is 6.63. The van der Waals surface area contributed by atoms with E-state index in [1.807, 2.05) is 30.3 Å².